The zero-order valence-electron chi connectivity index (χ0n) is 11.7. The molecule has 2 amide bonds. The third-order valence-electron chi connectivity index (χ3n) is 5.25. The van der Waals surface area contributed by atoms with Crippen LogP contribution in [0.4, 0.5) is 4.39 Å². The second-order valence-electron chi connectivity index (χ2n) is 6.56. The third-order valence-corrected chi connectivity index (χ3v) is 5.25. The molecule has 1 saturated carbocycles. The van der Waals surface area contributed by atoms with Crippen LogP contribution in [0.5, 0.6) is 0 Å². The Labute approximate surface area is 117 Å². The number of imide groups is 1. The van der Waals surface area contributed by atoms with Crippen molar-refractivity contribution in [2.75, 3.05) is 0 Å². The number of carbonyl (C=O) groups excluding carboxylic acids is 2. The molecule has 1 heterocycles. The Kier molecular flexibility index (Phi) is 2.75. The predicted molar refractivity (Wildman–Crippen MR) is 72.4 cm³/mol. The first-order valence-electron chi connectivity index (χ1n) is 6.95. The number of rotatable bonds is 2. The van der Waals surface area contributed by atoms with Gasteiger partial charge in [0.1, 0.15) is 5.82 Å². The van der Waals surface area contributed by atoms with E-state index in [-0.39, 0.29) is 23.0 Å². The molecule has 2 fully saturated rings. The molecular weight excluding hydrogens is 257 g/mol. The van der Waals surface area contributed by atoms with E-state index in [4.69, 9.17) is 0 Å². The molecule has 3 nitrogen and oxygen atoms in total. The quantitative estimate of drug-likeness (QED) is 0.844. The summed E-state index contributed by atoms with van der Waals surface area (Å²) in [5.74, 6) is -1.35. The lowest BCUT2D eigenvalue weighted by atomic mass is 9.60. The summed E-state index contributed by atoms with van der Waals surface area (Å²) in [7, 11) is 0. The highest BCUT2D eigenvalue weighted by Crippen LogP contribution is 2.65. The van der Waals surface area contributed by atoms with Gasteiger partial charge in [-0.05, 0) is 41.4 Å². The van der Waals surface area contributed by atoms with E-state index in [1.807, 2.05) is 6.92 Å². The number of hydrogen-bond acceptors (Lipinski definition) is 2. The Bertz CT molecular complexity index is 594. The van der Waals surface area contributed by atoms with Crippen LogP contribution >= 0.6 is 0 Å². The van der Waals surface area contributed by atoms with Gasteiger partial charge in [-0.1, -0.05) is 26.0 Å². The minimum Gasteiger partial charge on any atom is -0.296 e. The summed E-state index contributed by atoms with van der Waals surface area (Å²) in [6.07, 6.45) is 2.34. The number of halogens is 1. The van der Waals surface area contributed by atoms with Gasteiger partial charge in [-0.3, -0.25) is 14.9 Å². The first-order chi connectivity index (χ1) is 9.36. The molecule has 1 aromatic carbocycles. The van der Waals surface area contributed by atoms with E-state index in [0.29, 0.717) is 12.0 Å². The van der Waals surface area contributed by atoms with Crippen LogP contribution < -0.4 is 5.32 Å². The van der Waals surface area contributed by atoms with Crippen LogP contribution in [0.2, 0.25) is 0 Å². The minimum atomic E-state index is -0.469. The fraction of sp³-hybridized carbons (Fsp3) is 0.500. The van der Waals surface area contributed by atoms with Gasteiger partial charge in [0.15, 0.2) is 0 Å². The van der Waals surface area contributed by atoms with Gasteiger partial charge in [-0.25, -0.2) is 4.39 Å². The van der Waals surface area contributed by atoms with Gasteiger partial charge in [0.2, 0.25) is 11.8 Å². The lowest BCUT2D eigenvalue weighted by Crippen LogP contribution is -2.52. The first kappa shape index (κ1) is 13.3. The average molecular weight is 275 g/mol. The normalized spacial score (nSPS) is 31.9. The summed E-state index contributed by atoms with van der Waals surface area (Å²) in [5.41, 5.74) is 0.197. The predicted octanol–water partition coefficient (Wildman–Crippen LogP) is 2.76. The van der Waals surface area contributed by atoms with Crippen LogP contribution in [0.3, 0.4) is 0 Å². The highest BCUT2D eigenvalue weighted by molar-refractivity contribution is 6.02. The molecule has 1 aliphatic heterocycles. The summed E-state index contributed by atoms with van der Waals surface area (Å²) in [4.78, 5) is 24.2. The van der Waals surface area contributed by atoms with Crippen molar-refractivity contribution in [1.29, 1.82) is 0 Å². The first-order valence-corrected chi connectivity index (χ1v) is 6.95. The number of benzene rings is 1. The molecule has 106 valence electrons. The molecule has 0 bridgehead atoms. The minimum absolute atomic E-state index is 0.0165. The highest BCUT2D eigenvalue weighted by Gasteiger charge is 2.61. The van der Waals surface area contributed by atoms with Gasteiger partial charge in [0, 0.05) is 6.42 Å². The van der Waals surface area contributed by atoms with Gasteiger partial charge >= 0.3 is 0 Å². The number of nitrogens with one attached hydrogen (secondary N) is 1. The van der Waals surface area contributed by atoms with Gasteiger partial charge in [-0.2, -0.15) is 0 Å². The zero-order chi connectivity index (χ0) is 14.5. The molecular formula is C16H18FNO2. The maximum Gasteiger partial charge on any atom is 0.234 e. The Morgan fingerprint density at radius 2 is 1.95 bits per heavy atom. The maximum atomic E-state index is 13.5. The van der Waals surface area contributed by atoms with Crippen molar-refractivity contribution in [1.82, 2.24) is 5.32 Å². The number of carbonyl (C=O) groups is 2. The van der Waals surface area contributed by atoms with Gasteiger partial charge in [0.05, 0.1) is 5.92 Å². The summed E-state index contributed by atoms with van der Waals surface area (Å²) in [6.45, 7) is 4.11. The topological polar surface area (TPSA) is 46.2 Å². The molecule has 0 radical (unpaired) electrons. The fourth-order valence-electron chi connectivity index (χ4n) is 3.50. The average Bonchev–Trinajstić information content (AvgIpc) is 3.08. The van der Waals surface area contributed by atoms with Crippen molar-refractivity contribution < 1.29 is 14.0 Å². The molecule has 1 N–H and O–H groups in total. The molecule has 1 aromatic rings. The second-order valence-corrected chi connectivity index (χ2v) is 6.56. The summed E-state index contributed by atoms with van der Waals surface area (Å²) in [5, 5.41) is 2.40. The Balaban J connectivity index is 2.09. The smallest absolute Gasteiger partial charge is 0.234 e. The zero-order valence-corrected chi connectivity index (χ0v) is 11.7. The number of amides is 2. The molecule has 2 unspecified atom stereocenters. The molecule has 0 spiro atoms. The van der Waals surface area contributed by atoms with E-state index >= 15 is 0 Å². The Morgan fingerprint density at radius 1 is 1.25 bits per heavy atom. The van der Waals surface area contributed by atoms with E-state index in [9.17, 15) is 14.0 Å². The summed E-state index contributed by atoms with van der Waals surface area (Å²) >= 11 is 0. The molecule has 1 saturated heterocycles. The van der Waals surface area contributed by atoms with Gasteiger partial charge in [0.25, 0.3) is 0 Å². The molecule has 2 atom stereocenters. The molecule has 1 aliphatic carbocycles. The van der Waals surface area contributed by atoms with Crippen LogP contribution in [-0.4, -0.2) is 11.8 Å². The van der Waals surface area contributed by atoms with Crippen LogP contribution in [0.1, 0.15) is 44.6 Å². The van der Waals surface area contributed by atoms with Crippen molar-refractivity contribution in [2.24, 2.45) is 10.8 Å². The van der Waals surface area contributed by atoms with Crippen molar-refractivity contribution >= 4 is 11.8 Å². The van der Waals surface area contributed by atoms with Crippen molar-refractivity contribution in [3.63, 3.8) is 0 Å². The van der Waals surface area contributed by atoms with Crippen LogP contribution in [0, 0.1) is 16.6 Å². The number of hydrogen-bond donors (Lipinski definition) is 1. The summed E-state index contributed by atoms with van der Waals surface area (Å²) in [6, 6.07) is 6.16. The maximum absolute atomic E-state index is 13.5. The van der Waals surface area contributed by atoms with Crippen molar-refractivity contribution in [3.8, 4) is 0 Å². The van der Waals surface area contributed by atoms with Gasteiger partial charge in [-0.15, -0.1) is 0 Å². The van der Waals surface area contributed by atoms with E-state index in [2.05, 4.69) is 12.2 Å². The molecule has 4 heteroatoms. The largest absolute Gasteiger partial charge is 0.296 e. The summed E-state index contributed by atoms with van der Waals surface area (Å²) < 4.78 is 13.5. The van der Waals surface area contributed by atoms with E-state index in [1.54, 1.807) is 12.1 Å². The van der Waals surface area contributed by atoms with Gasteiger partial charge < -0.3 is 0 Å². The lowest BCUT2D eigenvalue weighted by Gasteiger charge is -2.45. The van der Waals surface area contributed by atoms with Crippen LogP contribution in [0.15, 0.2) is 24.3 Å². The van der Waals surface area contributed by atoms with Crippen molar-refractivity contribution in [2.45, 2.75) is 39.0 Å². The molecule has 20 heavy (non-hydrogen) atoms. The second kappa shape index (κ2) is 4.14. The highest BCUT2D eigenvalue weighted by atomic mass is 19.1. The lowest BCUT2D eigenvalue weighted by molar-refractivity contribution is -0.142. The standard InChI is InChI=1S/C16H18FNO2/c1-15(6-7-15)16(2)9-12(19)18-14(20)13(16)10-4-3-5-11(17)8-10/h3-5,8,13H,6-7,9H2,1-2H3,(H,18,19,20). The molecule has 3 rings (SSSR count). The van der Waals surface area contributed by atoms with E-state index in [0.717, 1.165) is 12.8 Å². The molecule has 0 aromatic heterocycles. The fourth-order valence-corrected chi connectivity index (χ4v) is 3.50. The van der Waals surface area contributed by atoms with E-state index in [1.165, 1.54) is 12.1 Å². The Morgan fingerprint density at radius 3 is 2.55 bits per heavy atom. The van der Waals surface area contributed by atoms with Crippen molar-refractivity contribution in [3.05, 3.63) is 35.6 Å². The monoisotopic (exact) mass is 275 g/mol. The van der Waals surface area contributed by atoms with Crippen LogP contribution in [0.25, 0.3) is 0 Å². The SMILES string of the molecule is CC1(C2(C)CC(=O)NC(=O)C2c2cccc(F)c2)CC1. The van der Waals surface area contributed by atoms with E-state index < -0.39 is 11.3 Å². The number of piperidine rings is 1. The van der Waals surface area contributed by atoms with Crippen LogP contribution in [-0.2, 0) is 9.59 Å². The third kappa shape index (κ3) is 1.86. The Hall–Kier alpha value is -1.71. The molecule has 2 aliphatic rings.